The Morgan fingerprint density at radius 3 is 2.63 bits per heavy atom. The van der Waals surface area contributed by atoms with E-state index < -0.39 is 0 Å². The van der Waals surface area contributed by atoms with Gasteiger partial charge in [-0.15, -0.1) is 0 Å². The van der Waals surface area contributed by atoms with Crippen LogP contribution in [0.3, 0.4) is 0 Å². The summed E-state index contributed by atoms with van der Waals surface area (Å²) in [5.41, 5.74) is 4.15. The molecule has 0 atom stereocenters. The molecule has 1 heterocycles. The molecule has 19 heavy (non-hydrogen) atoms. The number of carbonyl (C=O) groups excluding carboxylic acids is 1. The average molecular weight is 389 g/mol. The molecule has 0 unspecified atom stereocenters. The van der Waals surface area contributed by atoms with Gasteiger partial charge in [-0.25, -0.2) is 4.79 Å². The Hall–Kier alpha value is -0.950. The van der Waals surface area contributed by atoms with Crippen molar-refractivity contribution in [3.05, 3.63) is 52.0 Å². The zero-order chi connectivity index (χ0) is 13.0. The summed E-state index contributed by atoms with van der Waals surface area (Å²) in [6.07, 6.45) is 0. The minimum absolute atomic E-state index is 0. The lowest BCUT2D eigenvalue weighted by molar-refractivity contribution is -0.689. The largest absolute Gasteiger partial charge is 1.00 e. The predicted octanol–water partition coefficient (Wildman–Crippen LogP) is -0.427. The van der Waals surface area contributed by atoms with Gasteiger partial charge in [0.1, 0.15) is 0 Å². The van der Waals surface area contributed by atoms with Crippen molar-refractivity contribution in [3.8, 4) is 0 Å². The standard InChI is InChI=1S/C14H16NO2S.HI/c1-3-17-14(16)13-11(2)15(10-18-13)9-12-7-5-4-6-8-12;/h4-8,10H,3,9H2,1-2H3;1H/q+1;/p-1. The van der Waals surface area contributed by atoms with Gasteiger partial charge in [0.25, 0.3) is 0 Å². The highest BCUT2D eigenvalue weighted by Crippen LogP contribution is 2.13. The highest BCUT2D eigenvalue weighted by molar-refractivity contribution is 7.11. The number of halogens is 1. The lowest BCUT2D eigenvalue weighted by atomic mass is 10.2. The van der Waals surface area contributed by atoms with Crippen molar-refractivity contribution in [1.82, 2.24) is 0 Å². The topological polar surface area (TPSA) is 30.2 Å². The third kappa shape index (κ3) is 4.01. The molecule has 102 valence electrons. The van der Waals surface area contributed by atoms with Crippen LogP contribution in [0.4, 0.5) is 0 Å². The summed E-state index contributed by atoms with van der Waals surface area (Å²) >= 11 is 1.43. The number of rotatable bonds is 4. The molecule has 2 rings (SSSR count). The molecule has 0 bridgehead atoms. The summed E-state index contributed by atoms with van der Waals surface area (Å²) in [7, 11) is 0. The van der Waals surface area contributed by atoms with Crippen molar-refractivity contribution in [1.29, 1.82) is 0 Å². The van der Waals surface area contributed by atoms with Crippen molar-refractivity contribution in [2.45, 2.75) is 20.4 Å². The molecular formula is C14H16INO2S. The molecule has 0 aliphatic rings. The summed E-state index contributed by atoms with van der Waals surface area (Å²) in [6, 6.07) is 10.2. The van der Waals surface area contributed by atoms with E-state index in [0.29, 0.717) is 11.5 Å². The zero-order valence-electron chi connectivity index (χ0n) is 10.9. The van der Waals surface area contributed by atoms with Crippen molar-refractivity contribution >= 4 is 17.3 Å². The van der Waals surface area contributed by atoms with Crippen molar-refractivity contribution in [3.63, 3.8) is 0 Å². The monoisotopic (exact) mass is 389 g/mol. The second-order valence-electron chi connectivity index (χ2n) is 3.97. The Morgan fingerprint density at radius 1 is 1.32 bits per heavy atom. The second-order valence-corrected chi connectivity index (χ2v) is 4.83. The average Bonchev–Trinajstić information content (AvgIpc) is 2.73. The third-order valence-electron chi connectivity index (χ3n) is 2.71. The predicted molar refractivity (Wildman–Crippen MR) is 70.8 cm³/mol. The van der Waals surface area contributed by atoms with E-state index in [1.54, 1.807) is 0 Å². The van der Waals surface area contributed by atoms with Crippen LogP contribution in [-0.2, 0) is 11.3 Å². The molecule has 5 heteroatoms. The van der Waals surface area contributed by atoms with E-state index in [1.165, 1.54) is 16.9 Å². The van der Waals surface area contributed by atoms with Crippen LogP contribution in [0.15, 0.2) is 35.8 Å². The van der Waals surface area contributed by atoms with E-state index in [1.807, 2.05) is 37.6 Å². The van der Waals surface area contributed by atoms with Crippen LogP contribution < -0.4 is 28.5 Å². The smallest absolute Gasteiger partial charge is 0.355 e. The van der Waals surface area contributed by atoms with Crippen LogP contribution in [0.2, 0.25) is 0 Å². The van der Waals surface area contributed by atoms with E-state index in [-0.39, 0.29) is 29.9 Å². The number of carbonyl (C=O) groups is 1. The van der Waals surface area contributed by atoms with Crippen LogP contribution in [0.5, 0.6) is 0 Å². The second kappa shape index (κ2) is 7.59. The van der Waals surface area contributed by atoms with Gasteiger partial charge in [-0.3, -0.25) is 0 Å². The van der Waals surface area contributed by atoms with Crippen molar-refractivity contribution < 1.29 is 38.1 Å². The van der Waals surface area contributed by atoms with E-state index in [4.69, 9.17) is 4.74 Å². The molecule has 1 aromatic carbocycles. The van der Waals surface area contributed by atoms with Crippen molar-refractivity contribution in [2.75, 3.05) is 6.61 Å². The maximum Gasteiger partial charge on any atom is 0.355 e. The fourth-order valence-electron chi connectivity index (χ4n) is 1.74. The number of aromatic nitrogens is 1. The number of benzene rings is 1. The molecular weight excluding hydrogens is 373 g/mol. The number of thiazole rings is 1. The Morgan fingerprint density at radius 2 is 2.00 bits per heavy atom. The Bertz CT molecular complexity index is 540. The summed E-state index contributed by atoms with van der Waals surface area (Å²) in [5, 5.41) is 0. The summed E-state index contributed by atoms with van der Waals surface area (Å²) < 4.78 is 7.11. The van der Waals surface area contributed by atoms with Gasteiger partial charge in [0, 0.05) is 12.5 Å². The van der Waals surface area contributed by atoms with Crippen molar-refractivity contribution in [2.24, 2.45) is 0 Å². The summed E-state index contributed by atoms with van der Waals surface area (Å²) in [5.74, 6) is -0.230. The highest BCUT2D eigenvalue weighted by atomic mass is 127. The number of ether oxygens (including phenoxy) is 1. The molecule has 0 saturated heterocycles. The number of nitrogens with zero attached hydrogens (tertiary/aromatic N) is 1. The summed E-state index contributed by atoms with van der Waals surface area (Å²) in [4.78, 5) is 12.4. The number of hydrogen-bond acceptors (Lipinski definition) is 3. The molecule has 2 aromatic rings. The summed E-state index contributed by atoms with van der Waals surface area (Å²) in [6.45, 7) is 4.96. The third-order valence-corrected chi connectivity index (χ3v) is 3.77. The first kappa shape index (κ1) is 16.1. The van der Waals surface area contributed by atoms with Crippen LogP contribution in [0.1, 0.15) is 27.9 Å². The van der Waals surface area contributed by atoms with Gasteiger partial charge in [0.2, 0.25) is 11.2 Å². The maximum absolute atomic E-state index is 11.7. The quantitative estimate of drug-likeness (QED) is 0.404. The van der Waals surface area contributed by atoms with Gasteiger partial charge in [0.05, 0.1) is 6.61 Å². The SMILES string of the molecule is CCOC(=O)c1sc[n+](Cc2ccccc2)c1C.[I-]. The molecule has 1 aromatic heterocycles. The first-order valence-electron chi connectivity index (χ1n) is 5.91. The van der Waals surface area contributed by atoms with E-state index in [9.17, 15) is 4.79 Å². The van der Waals surface area contributed by atoms with E-state index in [2.05, 4.69) is 16.7 Å². The first-order chi connectivity index (χ1) is 8.72. The normalized spacial score (nSPS) is 9.79. The Kier molecular flexibility index (Phi) is 6.44. The number of hydrogen-bond donors (Lipinski definition) is 0. The molecule has 0 aliphatic heterocycles. The molecule has 0 radical (unpaired) electrons. The van der Waals surface area contributed by atoms with Crippen LogP contribution in [0.25, 0.3) is 0 Å². The molecule has 0 aliphatic carbocycles. The molecule has 0 fully saturated rings. The maximum atomic E-state index is 11.7. The minimum Gasteiger partial charge on any atom is -1.00 e. The van der Waals surface area contributed by atoms with Crippen LogP contribution >= 0.6 is 11.3 Å². The van der Waals surface area contributed by atoms with Gasteiger partial charge in [-0.1, -0.05) is 41.7 Å². The first-order valence-corrected chi connectivity index (χ1v) is 6.79. The van der Waals surface area contributed by atoms with Gasteiger partial charge < -0.3 is 28.7 Å². The zero-order valence-corrected chi connectivity index (χ0v) is 13.9. The fourth-order valence-corrected chi connectivity index (χ4v) is 2.65. The lowest BCUT2D eigenvalue weighted by Gasteiger charge is -1.98. The van der Waals surface area contributed by atoms with Gasteiger partial charge in [-0.05, 0) is 6.92 Å². The van der Waals surface area contributed by atoms with Gasteiger partial charge in [0.15, 0.2) is 11.4 Å². The molecule has 0 amide bonds. The molecule has 3 nitrogen and oxygen atoms in total. The Labute approximate surface area is 134 Å². The van der Waals surface area contributed by atoms with Gasteiger partial charge in [-0.2, -0.15) is 4.57 Å². The minimum atomic E-state index is -0.230. The molecule has 0 N–H and O–H groups in total. The van der Waals surface area contributed by atoms with Gasteiger partial charge >= 0.3 is 5.97 Å². The molecule has 0 saturated carbocycles. The van der Waals surface area contributed by atoms with E-state index in [0.717, 1.165) is 12.2 Å². The van der Waals surface area contributed by atoms with Crippen LogP contribution in [0, 0.1) is 6.92 Å². The number of esters is 1. The lowest BCUT2D eigenvalue weighted by Crippen LogP contribution is -3.00. The Balaban J connectivity index is 0.00000180. The fraction of sp³-hybridized carbons (Fsp3) is 0.286. The van der Waals surface area contributed by atoms with E-state index >= 15 is 0 Å². The molecule has 0 spiro atoms. The highest BCUT2D eigenvalue weighted by Gasteiger charge is 2.22. The van der Waals surface area contributed by atoms with Crippen LogP contribution in [-0.4, -0.2) is 12.6 Å².